The number of aryl methyl sites for hydroxylation is 1. The van der Waals surface area contributed by atoms with Crippen molar-refractivity contribution in [3.8, 4) is 11.6 Å². The molecule has 1 aliphatic heterocycles. The van der Waals surface area contributed by atoms with Gasteiger partial charge in [0.15, 0.2) is 0 Å². The molecular weight excluding hydrogens is 486 g/mol. The molecule has 12 heteroatoms. The SMILES string of the molecule is Cc1nnn(-c2ccc(C(F)F)cc2)c1COc1ccc(N2CCN(C(=O)OC(C)(C)C)CC2=O)cn1. The van der Waals surface area contributed by atoms with E-state index in [0.29, 0.717) is 41.7 Å². The molecule has 3 heterocycles. The van der Waals surface area contributed by atoms with Crippen molar-refractivity contribution in [3.63, 3.8) is 0 Å². The summed E-state index contributed by atoms with van der Waals surface area (Å²) in [6, 6.07) is 9.14. The average Bonchev–Trinajstić information content (AvgIpc) is 3.22. The maximum absolute atomic E-state index is 12.9. The average molecular weight is 515 g/mol. The number of nitrogens with zero attached hydrogens (tertiary/aromatic N) is 6. The van der Waals surface area contributed by atoms with E-state index in [4.69, 9.17) is 9.47 Å². The number of pyridine rings is 1. The lowest BCUT2D eigenvalue weighted by molar-refractivity contribution is -0.121. The van der Waals surface area contributed by atoms with Crippen LogP contribution in [0.15, 0.2) is 42.6 Å². The number of carbonyl (C=O) groups is 2. The molecule has 0 saturated carbocycles. The smallest absolute Gasteiger partial charge is 0.410 e. The third-order valence-corrected chi connectivity index (χ3v) is 5.61. The number of piperazine rings is 1. The van der Waals surface area contributed by atoms with Crippen LogP contribution in [0.25, 0.3) is 5.69 Å². The molecule has 1 saturated heterocycles. The van der Waals surface area contributed by atoms with E-state index >= 15 is 0 Å². The topological polar surface area (TPSA) is 103 Å². The summed E-state index contributed by atoms with van der Waals surface area (Å²) in [4.78, 5) is 32.2. The number of rotatable bonds is 6. The predicted molar refractivity (Wildman–Crippen MR) is 130 cm³/mol. The largest absolute Gasteiger partial charge is 0.471 e. The van der Waals surface area contributed by atoms with Gasteiger partial charge >= 0.3 is 6.09 Å². The minimum Gasteiger partial charge on any atom is -0.471 e. The summed E-state index contributed by atoms with van der Waals surface area (Å²) in [6.45, 7) is 7.76. The highest BCUT2D eigenvalue weighted by molar-refractivity contribution is 5.97. The van der Waals surface area contributed by atoms with E-state index < -0.39 is 18.1 Å². The molecule has 0 N–H and O–H groups in total. The van der Waals surface area contributed by atoms with E-state index in [1.165, 1.54) is 27.9 Å². The summed E-state index contributed by atoms with van der Waals surface area (Å²) in [5.41, 5.74) is 1.72. The summed E-state index contributed by atoms with van der Waals surface area (Å²) in [5, 5.41) is 8.16. The molecule has 196 valence electrons. The molecule has 3 aromatic rings. The molecule has 2 aromatic heterocycles. The van der Waals surface area contributed by atoms with Crippen molar-refractivity contribution in [1.29, 1.82) is 0 Å². The van der Waals surface area contributed by atoms with E-state index in [2.05, 4.69) is 15.3 Å². The third-order valence-electron chi connectivity index (χ3n) is 5.61. The van der Waals surface area contributed by atoms with Crippen LogP contribution in [0.3, 0.4) is 0 Å². The number of alkyl halides is 2. The van der Waals surface area contributed by atoms with E-state index in [9.17, 15) is 18.4 Å². The van der Waals surface area contributed by atoms with Gasteiger partial charge in [-0.3, -0.25) is 9.69 Å². The van der Waals surface area contributed by atoms with Crippen LogP contribution >= 0.6 is 0 Å². The lowest BCUT2D eigenvalue weighted by Gasteiger charge is -2.35. The van der Waals surface area contributed by atoms with Gasteiger partial charge in [0.2, 0.25) is 11.8 Å². The standard InChI is InChI=1S/C25H28F2N6O4/c1-16-20(33(30-29-16)18-7-5-17(6-8-18)23(26)27)15-36-21-10-9-19(13-28-21)32-12-11-31(14-22(32)34)24(35)37-25(2,3)4/h5-10,13,23H,11-12,14-15H2,1-4H3. The van der Waals surface area contributed by atoms with Crippen molar-refractivity contribution in [3.05, 3.63) is 59.5 Å². The second-order valence-electron chi connectivity index (χ2n) is 9.52. The fraction of sp³-hybridized carbons (Fsp3) is 0.400. The van der Waals surface area contributed by atoms with Gasteiger partial charge in [0.1, 0.15) is 24.4 Å². The number of aromatic nitrogens is 4. The van der Waals surface area contributed by atoms with Crippen molar-refractivity contribution < 1.29 is 27.8 Å². The summed E-state index contributed by atoms with van der Waals surface area (Å²) >= 11 is 0. The zero-order valence-electron chi connectivity index (χ0n) is 21.0. The quantitative estimate of drug-likeness (QED) is 0.489. The van der Waals surface area contributed by atoms with Gasteiger partial charge in [0.05, 0.1) is 23.3 Å². The Kier molecular flexibility index (Phi) is 7.37. The minimum absolute atomic E-state index is 0.0765. The number of hydrogen-bond acceptors (Lipinski definition) is 7. The molecule has 37 heavy (non-hydrogen) atoms. The van der Waals surface area contributed by atoms with Crippen molar-refractivity contribution in [2.75, 3.05) is 24.5 Å². The fourth-order valence-corrected chi connectivity index (χ4v) is 3.70. The highest BCUT2D eigenvalue weighted by Gasteiger charge is 2.31. The fourth-order valence-electron chi connectivity index (χ4n) is 3.70. The normalized spacial score (nSPS) is 14.3. The van der Waals surface area contributed by atoms with E-state index in [0.717, 1.165) is 0 Å². The molecule has 0 unspecified atom stereocenters. The van der Waals surface area contributed by atoms with Gasteiger partial charge in [-0.1, -0.05) is 17.3 Å². The summed E-state index contributed by atoms with van der Waals surface area (Å²) in [6.07, 6.45) is -1.54. The number of amides is 2. The number of ether oxygens (including phenoxy) is 2. The number of anilines is 1. The molecule has 10 nitrogen and oxygen atoms in total. The van der Waals surface area contributed by atoms with E-state index in [1.54, 1.807) is 56.9 Å². The van der Waals surface area contributed by atoms with Gasteiger partial charge in [-0.15, -0.1) is 5.10 Å². The first-order valence-corrected chi connectivity index (χ1v) is 11.7. The maximum Gasteiger partial charge on any atom is 0.410 e. The lowest BCUT2D eigenvalue weighted by Crippen LogP contribution is -2.53. The van der Waals surface area contributed by atoms with Crippen LogP contribution in [0.4, 0.5) is 19.3 Å². The van der Waals surface area contributed by atoms with Crippen LogP contribution in [-0.2, 0) is 16.1 Å². The summed E-state index contributed by atoms with van der Waals surface area (Å²) in [7, 11) is 0. The molecule has 0 atom stereocenters. The summed E-state index contributed by atoms with van der Waals surface area (Å²) < 4.78 is 38.4. The highest BCUT2D eigenvalue weighted by Crippen LogP contribution is 2.23. The van der Waals surface area contributed by atoms with Gasteiger partial charge in [0, 0.05) is 24.7 Å². The van der Waals surface area contributed by atoms with Crippen LogP contribution in [-0.4, -0.2) is 62.1 Å². The Morgan fingerprint density at radius 2 is 1.78 bits per heavy atom. The summed E-state index contributed by atoms with van der Waals surface area (Å²) in [5.74, 6) is 0.0832. The van der Waals surface area contributed by atoms with Crippen LogP contribution in [0, 0.1) is 6.92 Å². The van der Waals surface area contributed by atoms with Crippen molar-refractivity contribution in [1.82, 2.24) is 24.9 Å². The van der Waals surface area contributed by atoms with Gasteiger partial charge in [-0.2, -0.15) is 0 Å². The van der Waals surface area contributed by atoms with Crippen molar-refractivity contribution in [2.24, 2.45) is 0 Å². The monoisotopic (exact) mass is 514 g/mol. The second-order valence-corrected chi connectivity index (χ2v) is 9.52. The van der Waals surface area contributed by atoms with Crippen LogP contribution in [0.1, 0.15) is 44.1 Å². The minimum atomic E-state index is -2.55. The lowest BCUT2D eigenvalue weighted by atomic mass is 10.2. The number of halogens is 2. The van der Waals surface area contributed by atoms with Gasteiger partial charge in [0.25, 0.3) is 6.43 Å². The van der Waals surface area contributed by atoms with E-state index in [1.807, 2.05) is 0 Å². The molecule has 2 amide bonds. The predicted octanol–water partition coefficient (Wildman–Crippen LogP) is 4.07. The zero-order valence-corrected chi connectivity index (χ0v) is 21.0. The Morgan fingerprint density at radius 3 is 2.38 bits per heavy atom. The van der Waals surface area contributed by atoms with Crippen LogP contribution in [0.2, 0.25) is 0 Å². The molecule has 1 aromatic carbocycles. The zero-order chi connectivity index (χ0) is 26.7. The Bertz CT molecular complexity index is 1260. The molecule has 0 aliphatic carbocycles. The molecular formula is C25H28F2N6O4. The number of carbonyl (C=O) groups excluding carboxylic acids is 2. The molecule has 0 bridgehead atoms. The van der Waals surface area contributed by atoms with E-state index in [-0.39, 0.29) is 24.6 Å². The highest BCUT2D eigenvalue weighted by atomic mass is 19.3. The van der Waals surface area contributed by atoms with Gasteiger partial charge in [-0.25, -0.2) is 23.2 Å². The first-order valence-electron chi connectivity index (χ1n) is 11.7. The maximum atomic E-state index is 12.9. The van der Waals surface area contributed by atoms with Gasteiger partial charge < -0.3 is 14.4 Å². The van der Waals surface area contributed by atoms with Crippen molar-refractivity contribution >= 4 is 17.7 Å². The first kappa shape index (κ1) is 26.0. The molecule has 1 aliphatic rings. The van der Waals surface area contributed by atoms with Crippen molar-refractivity contribution in [2.45, 2.75) is 46.3 Å². The van der Waals surface area contributed by atoms with Crippen LogP contribution < -0.4 is 9.64 Å². The Balaban J connectivity index is 1.38. The Hall–Kier alpha value is -4.09. The third kappa shape index (κ3) is 6.19. The Morgan fingerprint density at radius 1 is 1.08 bits per heavy atom. The Labute approximate surface area is 212 Å². The molecule has 4 rings (SSSR count). The second kappa shape index (κ2) is 10.5. The van der Waals surface area contributed by atoms with Gasteiger partial charge in [-0.05, 0) is 45.9 Å². The molecule has 0 radical (unpaired) electrons. The number of benzene rings is 1. The first-order chi connectivity index (χ1) is 17.5. The molecule has 1 fully saturated rings. The number of hydrogen-bond donors (Lipinski definition) is 0. The molecule has 0 spiro atoms. The van der Waals surface area contributed by atoms with Crippen LogP contribution in [0.5, 0.6) is 5.88 Å².